The van der Waals surface area contributed by atoms with Crippen LogP contribution in [0.5, 0.6) is 0 Å². The van der Waals surface area contributed by atoms with Gasteiger partial charge >= 0.3 is 5.97 Å². The molecule has 0 bridgehead atoms. The van der Waals surface area contributed by atoms with Crippen LogP contribution >= 0.6 is 0 Å². The Morgan fingerprint density at radius 2 is 1.74 bits per heavy atom. The van der Waals surface area contributed by atoms with Gasteiger partial charge in [0.15, 0.2) is 0 Å². The van der Waals surface area contributed by atoms with E-state index in [0.29, 0.717) is 18.6 Å². The van der Waals surface area contributed by atoms with Crippen LogP contribution in [0.4, 0.5) is 0 Å². The minimum Gasteiger partial charge on any atom is -0.466 e. The number of nitrogens with two attached hydrogens (primary N) is 1. The molecule has 8 heteroatoms. The van der Waals surface area contributed by atoms with E-state index in [9.17, 15) is 18.0 Å². The number of aryl methyl sites for hydroxylation is 1. The predicted molar refractivity (Wildman–Crippen MR) is 104 cm³/mol. The molecule has 0 saturated carbocycles. The first kappa shape index (κ1) is 25.2. The van der Waals surface area contributed by atoms with Crippen LogP contribution in [0, 0.1) is 0 Å². The number of rotatable bonds is 11. The zero-order chi connectivity index (χ0) is 20.7. The summed E-state index contributed by atoms with van der Waals surface area (Å²) < 4.78 is 35.3. The smallest absolute Gasteiger partial charge is 0.306 e. The first-order chi connectivity index (χ1) is 12.8. The molecule has 0 unspecified atom stereocenters. The van der Waals surface area contributed by atoms with Gasteiger partial charge in [-0.05, 0) is 24.5 Å². The van der Waals surface area contributed by atoms with Gasteiger partial charge in [0.1, 0.15) is 5.78 Å². The second-order valence-corrected chi connectivity index (χ2v) is 7.35. The minimum absolute atomic E-state index is 0.00375. The summed E-state index contributed by atoms with van der Waals surface area (Å²) in [5.41, 5.74) is 5.75. The van der Waals surface area contributed by atoms with Gasteiger partial charge in [0.25, 0.3) is 10.1 Å². The summed E-state index contributed by atoms with van der Waals surface area (Å²) in [5, 5.41) is 0. The third kappa shape index (κ3) is 12.3. The molecule has 0 aliphatic heterocycles. The summed E-state index contributed by atoms with van der Waals surface area (Å²) in [7, 11) is -4.05. The fourth-order valence-electron chi connectivity index (χ4n) is 2.18. The van der Waals surface area contributed by atoms with Gasteiger partial charge in [0.2, 0.25) is 0 Å². The third-order valence-electron chi connectivity index (χ3n) is 3.73. The monoisotopic (exact) mass is 401 g/mol. The summed E-state index contributed by atoms with van der Waals surface area (Å²) in [4.78, 5) is 21.9. The molecular weight excluding hydrogens is 370 g/mol. The quantitative estimate of drug-likeness (QED) is 0.332. The van der Waals surface area contributed by atoms with Crippen molar-refractivity contribution in [1.82, 2.24) is 0 Å². The molecule has 1 rings (SSSR count). The summed E-state index contributed by atoms with van der Waals surface area (Å²) >= 11 is 0. The Labute approximate surface area is 162 Å². The topological polar surface area (TPSA) is 124 Å². The maximum atomic E-state index is 11.1. The van der Waals surface area contributed by atoms with Crippen molar-refractivity contribution in [3.8, 4) is 0 Å². The highest BCUT2D eigenvalue weighted by Crippen LogP contribution is 2.14. The van der Waals surface area contributed by atoms with Crippen LogP contribution in [-0.4, -0.2) is 37.9 Å². The number of hydrogen-bond donors (Lipinski definition) is 2. The zero-order valence-electron chi connectivity index (χ0n) is 16.1. The van der Waals surface area contributed by atoms with Crippen molar-refractivity contribution in [1.29, 1.82) is 0 Å². The van der Waals surface area contributed by atoms with Crippen LogP contribution in [0.2, 0.25) is 0 Å². The van der Waals surface area contributed by atoms with Crippen LogP contribution in [0.25, 0.3) is 0 Å². The Bertz CT molecular complexity index is 673. The molecule has 0 aliphatic rings. The van der Waals surface area contributed by atoms with Gasteiger partial charge in [0, 0.05) is 6.42 Å². The molecule has 0 aromatic heterocycles. The van der Waals surface area contributed by atoms with Crippen molar-refractivity contribution in [3.63, 3.8) is 0 Å². The molecule has 0 amide bonds. The van der Waals surface area contributed by atoms with E-state index >= 15 is 0 Å². The molecule has 7 nitrogen and oxygen atoms in total. The number of hydrogen-bond acceptors (Lipinski definition) is 6. The molecule has 1 aromatic carbocycles. The van der Waals surface area contributed by atoms with Crippen LogP contribution in [0.15, 0.2) is 29.2 Å². The normalized spacial score (nSPS) is 10.7. The zero-order valence-corrected chi connectivity index (χ0v) is 17.0. The van der Waals surface area contributed by atoms with Crippen molar-refractivity contribution >= 4 is 21.9 Å². The molecule has 0 saturated heterocycles. The van der Waals surface area contributed by atoms with E-state index in [2.05, 4.69) is 6.92 Å². The second-order valence-electron chi connectivity index (χ2n) is 5.96. The van der Waals surface area contributed by atoms with E-state index < -0.39 is 10.1 Å². The molecule has 154 valence electrons. The molecule has 0 aliphatic carbocycles. The van der Waals surface area contributed by atoms with E-state index in [0.717, 1.165) is 12.8 Å². The average molecular weight is 402 g/mol. The molecule has 3 N–H and O–H groups in total. The number of benzene rings is 1. The SMILES string of the molecule is CCCCCCOC(=O)CCC(=O)CN.CCc1ccccc1S(=O)(=O)O. The van der Waals surface area contributed by atoms with Crippen molar-refractivity contribution in [2.24, 2.45) is 5.73 Å². The van der Waals surface area contributed by atoms with Gasteiger partial charge in [-0.15, -0.1) is 0 Å². The Hall–Kier alpha value is -1.77. The summed E-state index contributed by atoms with van der Waals surface area (Å²) in [5.74, 6) is -0.397. The number of Topliss-reactive ketones (excluding diaryl/α,β-unsaturated/α-hetero) is 1. The van der Waals surface area contributed by atoms with Crippen molar-refractivity contribution in [2.45, 2.75) is 63.7 Å². The van der Waals surface area contributed by atoms with Gasteiger partial charge in [-0.1, -0.05) is 51.3 Å². The molecule has 1 aromatic rings. The lowest BCUT2D eigenvalue weighted by Crippen LogP contribution is -2.15. The van der Waals surface area contributed by atoms with E-state index in [-0.39, 0.29) is 36.0 Å². The number of unbranched alkanes of at least 4 members (excludes halogenated alkanes) is 3. The fourth-order valence-corrected chi connectivity index (χ4v) is 2.97. The van der Waals surface area contributed by atoms with Gasteiger partial charge in [-0.25, -0.2) is 0 Å². The van der Waals surface area contributed by atoms with Gasteiger partial charge < -0.3 is 10.5 Å². The number of carbonyl (C=O) groups excluding carboxylic acids is 2. The standard InChI is InChI=1S/C11H21NO3.C8H10O3S/c1-2-3-4-5-8-15-11(14)7-6-10(13)9-12;1-2-7-5-3-4-6-8(7)12(9,10)11/h2-9,12H2,1H3;3-6H,2H2,1H3,(H,9,10,11). The lowest BCUT2D eigenvalue weighted by atomic mass is 10.2. The highest BCUT2D eigenvalue weighted by molar-refractivity contribution is 7.85. The van der Waals surface area contributed by atoms with Gasteiger partial charge in [-0.2, -0.15) is 8.42 Å². The number of carbonyl (C=O) groups is 2. The summed E-state index contributed by atoms with van der Waals surface area (Å²) in [6.07, 6.45) is 5.28. The molecular formula is C19H31NO6S. The number of ether oxygens (including phenoxy) is 1. The maximum absolute atomic E-state index is 11.1. The van der Waals surface area contributed by atoms with Crippen molar-refractivity contribution in [3.05, 3.63) is 29.8 Å². The van der Waals surface area contributed by atoms with E-state index in [4.69, 9.17) is 15.0 Å². The largest absolute Gasteiger partial charge is 0.466 e. The number of ketones is 1. The first-order valence-electron chi connectivity index (χ1n) is 9.19. The van der Waals surface area contributed by atoms with E-state index in [1.807, 2.05) is 6.92 Å². The predicted octanol–water partition coefficient (Wildman–Crippen LogP) is 2.91. The lowest BCUT2D eigenvalue weighted by molar-refractivity contribution is -0.144. The van der Waals surface area contributed by atoms with Crippen molar-refractivity contribution in [2.75, 3.05) is 13.2 Å². The number of esters is 1. The second kappa shape index (κ2) is 14.3. The van der Waals surface area contributed by atoms with Gasteiger partial charge in [0.05, 0.1) is 24.5 Å². The van der Waals surface area contributed by atoms with Gasteiger partial charge in [-0.3, -0.25) is 14.1 Å². The summed E-state index contributed by atoms with van der Waals surface area (Å²) in [6, 6.07) is 6.41. The van der Waals surface area contributed by atoms with Crippen LogP contribution in [0.3, 0.4) is 0 Å². The Kier molecular flexibility index (Phi) is 13.4. The minimum atomic E-state index is -4.05. The molecule has 0 fully saturated rings. The van der Waals surface area contributed by atoms with Crippen LogP contribution < -0.4 is 5.73 Å². The Balaban J connectivity index is 0.000000511. The third-order valence-corrected chi connectivity index (χ3v) is 4.68. The molecule has 0 radical (unpaired) electrons. The molecule has 27 heavy (non-hydrogen) atoms. The maximum Gasteiger partial charge on any atom is 0.306 e. The highest BCUT2D eigenvalue weighted by Gasteiger charge is 2.12. The van der Waals surface area contributed by atoms with Crippen molar-refractivity contribution < 1.29 is 27.3 Å². The molecule has 0 spiro atoms. The van der Waals surface area contributed by atoms with E-state index in [1.54, 1.807) is 18.2 Å². The Morgan fingerprint density at radius 3 is 2.26 bits per heavy atom. The van der Waals surface area contributed by atoms with Crippen LogP contribution in [0.1, 0.15) is 57.9 Å². The summed E-state index contributed by atoms with van der Waals surface area (Å²) in [6.45, 7) is 4.44. The van der Waals surface area contributed by atoms with E-state index in [1.165, 1.54) is 18.9 Å². The molecule has 0 atom stereocenters. The Morgan fingerprint density at radius 1 is 1.07 bits per heavy atom. The fraction of sp³-hybridized carbons (Fsp3) is 0.579. The first-order valence-corrected chi connectivity index (χ1v) is 10.6. The highest BCUT2D eigenvalue weighted by atomic mass is 32.2. The molecule has 0 heterocycles. The lowest BCUT2D eigenvalue weighted by Gasteiger charge is -2.03. The van der Waals surface area contributed by atoms with Crippen LogP contribution in [-0.2, 0) is 30.9 Å². The average Bonchev–Trinajstić information content (AvgIpc) is 2.65.